The third-order valence-corrected chi connectivity index (χ3v) is 6.36. The molecule has 29 heavy (non-hydrogen) atoms. The van der Waals surface area contributed by atoms with E-state index in [9.17, 15) is 4.79 Å². The molecular weight excluding hydrogens is 473 g/mol. The number of benzene rings is 2. The zero-order valence-electron chi connectivity index (χ0n) is 17.8. The maximum Gasteiger partial charge on any atom is 0.254 e. The molecule has 0 unspecified atom stereocenters. The number of nitrogens with zero attached hydrogens (tertiary/aromatic N) is 3. The van der Waals surface area contributed by atoms with Gasteiger partial charge in [0, 0.05) is 22.2 Å². The number of carbonyl (C=O) groups is 1. The predicted octanol–water partition coefficient (Wildman–Crippen LogP) is 6.05. The fourth-order valence-electron chi connectivity index (χ4n) is 3.46. The SMILES string of the molecule is CCCn1c(CN(CCC(C)C)C(=O)c2ccc(C)c(I)c2)nc2ccccc21. The molecule has 4 nitrogen and oxygen atoms in total. The summed E-state index contributed by atoms with van der Waals surface area (Å²) >= 11 is 2.30. The van der Waals surface area contributed by atoms with E-state index in [-0.39, 0.29) is 5.91 Å². The third kappa shape index (κ3) is 5.18. The van der Waals surface area contributed by atoms with Gasteiger partial charge in [0.2, 0.25) is 0 Å². The lowest BCUT2D eigenvalue weighted by Gasteiger charge is -2.24. The van der Waals surface area contributed by atoms with E-state index in [1.807, 2.05) is 35.2 Å². The number of hydrogen-bond acceptors (Lipinski definition) is 2. The summed E-state index contributed by atoms with van der Waals surface area (Å²) in [4.78, 5) is 20.2. The first-order valence-electron chi connectivity index (χ1n) is 10.4. The van der Waals surface area contributed by atoms with Crippen LogP contribution in [0.3, 0.4) is 0 Å². The molecule has 154 valence electrons. The number of carbonyl (C=O) groups excluding carboxylic acids is 1. The van der Waals surface area contributed by atoms with Gasteiger partial charge in [-0.05, 0) is 78.1 Å². The molecule has 3 rings (SSSR count). The maximum atomic E-state index is 13.4. The fourth-order valence-corrected chi connectivity index (χ4v) is 3.98. The Morgan fingerprint density at radius 1 is 1.21 bits per heavy atom. The number of imidazole rings is 1. The van der Waals surface area contributed by atoms with Crippen LogP contribution in [0.5, 0.6) is 0 Å². The number of aryl methyl sites for hydroxylation is 2. The van der Waals surface area contributed by atoms with E-state index in [1.54, 1.807) is 0 Å². The Kier molecular flexibility index (Phi) is 7.33. The number of rotatable bonds is 8. The lowest BCUT2D eigenvalue weighted by Crippen LogP contribution is -2.33. The van der Waals surface area contributed by atoms with Crippen LogP contribution in [0.4, 0.5) is 0 Å². The quantitative estimate of drug-likeness (QED) is 0.351. The second kappa shape index (κ2) is 9.74. The number of halogens is 1. The average Bonchev–Trinajstić information content (AvgIpc) is 3.04. The van der Waals surface area contributed by atoms with Gasteiger partial charge >= 0.3 is 0 Å². The molecule has 1 aromatic heterocycles. The van der Waals surface area contributed by atoms with Gasteiger partial charge < -0.3 is 9.47 Å². The lowest BCUT2D eigenvalue weighted by molar-refractivity contribution is 0.0729. The first-order valence-corrected chi connectivity index (χ1v) is 11.5. The fraction of sp³-hybridized carbons (Fsp3) is 0.417. The average molecular weight is 503 g/mol. The first kappa shape index (κ1) is 21.8. The maximum absolute atomic E-state index is 13.4. The van der Waals surface area contributed by atoms with E-state index in [0.29, 0.717) is 12.5 Å². The van der Waals surface area contributed by atoms with Gasteiger partial charge in [0.1, 0.15) is 5.82 Å². The van der Waals surface area contributed by atoms with E-state index in [1.165, 1.54) is 5.56 Å². The van der Waals surface area contributed by atoms with E-state index >= 15 is 0 Å². The van der Waals surface area contributed by atoms with Gasteiger partial charge in [0.15, 0.2) is 0 Å². The van der Waals surface area contributed by atoms with Crippen LogP contribution in [0.15, 0.2) is 42.5 Å². The molecule has 0 aliphatic rings. The van der Waals surface area contributed by atoms with Crippen LogP contribution >= 0.6 is 22.6 Å². The van der Waals surface area contributed by atoms with E-state index in [0.717, 1.165) is 51.9 Å². The summed E-state index contributed by atoms with van der Waals surface area (Å²) in [5.41, 5.74) is 4.09. The van der Waals surface area contributed by atoms with Crippen LogP contribution < -0.4 is 0 Å². The largest absolute Gasteiger partial charge is 0.331 e. The molecule has 0 radical (unpaired) electrons. The molecule has 0 aliphatic heterocycles. The summed E-state index contributed by atoms with van der Waals surface area (Å²) in [6, 6.07) is 14.2. The summed E-state index contributed by atoms with van der Waals surface area (Å²) in [7, 11) is 0. The van der Waals surface area contributed by atoms with Gasteiger partial charge in [-0.3, -0.25) is 4.79 Å². The molecule has 1 amide bonds. The Morgan fingerprint density at radius 2 is 1.97 bits per heavy atom. The number of aromatic nitrogens is 2. The van der Waals surface area contributed by atoms with Crippen LogP contribution in [0.2, 0.25) is 0 Å². The highest BCUT2D eigenvalue weighted by molar-refractivity contribution is 14.1. The van der Waals surface area contributed by atoms with Crippen molar-refractivity contribution in [3.63, 3.8) is 0 Å². The molecular formula is C24H30IN3O. The van der Waals surface area contributed by atoms with Crippen molar-refractivity contribution in [2.24, 2.45) is 5.92 Å². The topological polar surface area (TPSA) is 38.1 Å². The predicted molar refractivity (Wildman–Crippen MR) is 128 cm³/mol. The Balaban J connectivity index is 1.95. The van der Waals surface area contributed by atoms with E-state index < -0.39 is 0 Å². The molecule has 0 N–H and O–H groups in total. The zero-order chi connectivity index (χ0) is 21.0. The molecule has 2 aromatic carbocycles. The molecule has 0 saturated heterocycles. The molecule has 0 atom stereocenters. The van der Waals surface area contributed by atoms with Crippen molar-refractivity contribution in [2.45, 2.75) is 53.6 Å². The normalized spacial score (nSPS) is 11.4. The van der Waals surface area contributed by atoms with Crippen molar-refractivity contribution in [3.05, 3.63) is 63.0 Å². The molecule has 0 fully saturated rings. The van der Waals surface area contributed by atoms with Gasteiger partial charge in [-0.15, -0.1) is 0 Å². The molecule has 5 heteroatoms. The van der Waals surface area contributed by atoms with Crippen LogP contribution in [0, 0.1) is 16.4 Å². The van der Waals surface area contributed by atoms with Crippen molar-refractivity contribution in [1.82, 2.24) is 14.5 Å². The monoisotopic (exact) mass is 503 g/mol. The standard InChI is InChI=1S/C24H30IN3O/c1-5-13-28-22-9-7-6-8-21(22)26-23(28)16-27(14-12-17(2)3)24(29)19-11-10-18(4)20(25)15-19/h6-11,15,17H,5,12-14,16H2,1-4H3. The van der Waals surface area contributed by atoms with Crippen LogP contribution in [-0.4, -0.2) is 26.9 Å². The van der Waals surface area contributed by atoms with Gasteiger partial charge in [-0.25, -0.2) is 4.98 Å². The molecule has 0 bridgehead atoms. The minimum Gasteiger partial charge on any atom is -0.331 e. The van der Waals surface area contributed by atoms with E-state index in [4.69, 9.17) is 4.98 Å². The molecule has 0 saturated carbocycles. The van der Waals surface area contributed by atoms with Crippen LogP contribution in [0.1, 0.15) is 55.4 Å². The first-order chi connectivity index (χ1) is 13.9. The smallest absolute Gasteiger partial charge is 0.254 e. The van der Waals surface area contributed by atoms with Crippen LogP contribution in [-0.2, 0) is 13.1 Å². The Labute approximate surface area is 187 Å². The van der Waals surface area contributed by atoms with Crippen molar-refractivity contribution in [3.8, 4) is 0 Å². The highest BCUT2D eigenvalue weighted by atomic mass is 127. The second-order valence-electron chi connectivity index (χ2n) is 8.04. The van der Waals surface area contributed by atoms with Crippen LogP contribution in [0.25, 0.3) is 11.0 Å². The zero-order valence-corrected chi connectivity index (χ0v) is 19.9. The van der Waals surface area contributed by atoms with Gasteiger partial charge in [-0.2, -0.15) is 0 Å². The minimum atomic E-state index is 0.0821. The van der Waals surface area contributed by atoms with Crippen molar-refractivity contribution >= 4 is 39.5 Å². The Morgan fingerprint density at radius 3 is 2.66 bits per heavy atom. The third-order valence-electron chi connectivity index (χ3n) is 5.20. The summed E-state index contributed by atoms with van der Waals surface area (Å²) in [5, 5.41) is 0. The van der Waals surface area contributed by atoms with Gasteiger partial charge in [0.05, 0.1) is 17.6 Å². The van der Waals surface area contributed by atoms with Gasteiger partial charge in [-0.1, -0.05) is 39.0 Å². The van der Waals surface area contributed by atoms with E-state index in [2.05, 4.69) is 67.0 Å². The second-order valence-corrected chi connectivity index (χ2v) is 9.20. The summed E-state index contributed by atoms with van der Waals surface area (Å²) in [5.74, 6) is 1.59. The van der Waals surface area contributed by atoms with Crippen molar-refractivity contribution < 1.29 is 4.79 Å². The highest BCUT2D eigenvalue weighted by Crippen LogP contribution is 2.21. The molecule has 0 spiro atoms. The summed E-state index contributed by atoms with van der Waals surface area (Å²) in [6.45, 7) is 10.8. The molecule has 1 heterocycles. The highest BCUT2D eigenvalue weighted by Gasteiger charge is 2.20. The van der Waals surface area contributed by atoms with Crippen molar-refractivity contribution in [2.75, 3.05) is 6.54 Å². The Bertz CT molecular complexity index is 993. The minimum absolute atomic E-state index is 0.0821. The number of para-hydroxylation sites is 2. The summed E-state index contributed by atoms with van der Waals surface area (Å²) in [6.07, 6.45) is 2.01. The number of fused-ring (bicyclic) bond motifs is 1. The van der Waals surface area contributed by atoms with Crippen molar-refractivity contribution in [1.29, 1.82) is 0 Å². The molecule has 3 aromatic rings. The Hall–Kier alpha value is -1.89. The van der Waals surface area contributed by atoms with Gasteiger partial charge in [0.25, 0.3) is 5.91 Å². The molecule has 0 aliphatic carbocycles. The summed E-state index contributed by atoms with van der Waals surface area (Å²) < 4.78 is 3.39. The lowest BCUT2D eigenvalue weighted by atomic mass is 10.1. The number of hydrogen-bond donors (Lipinski definition) is 0. The number of amides is 1.